The Bertz CT molecular complexity index is 293. The summed E-state index contributed by atoms with van der Waals surface area (Å²) in [6, 6.07) is 0. The molecular weight excluding hydrogens is 254 g/mol. The van der Waals surface area contributed by atoms with Crippen LogP contribution in [0.5, 0.6) is 0 Å². The molecule has 3 fully saturated rings. The zero-order valence-electron chi connectivity index (χ0n) is 12.5. The van der Waals surface area contributed by atoms with E-state index < -0.39 is 0 Å². The SMILES string of the molecule is O[C@H](COCC[C@@H]1C[C@H]2CC[C@H]1C2)CN1CCOCC1. The van der Waals surface area contributed by atoms with Crippen LogP contribution in [0.2, 0.25) is 0 Å². The monoisotopic (exact) mass is 283 g/mol. The molecule has 1 N–H and O–H groups in total. The van der Waals surface area contributed by atoms with Crippen molar-refractivity contribution in [1.82, 2.24) is 4.90 Å². The Hall–Kier alpha value is -0.160. The molecule has 0 unspecified atom stereocenters. The summed E-state index contributed by atoms with van der Waals surface area (Å²) in [5.74, 6) is 2.92. The Balaban J connectivity index is 1.24. The Morgan fingerprint density at radius 2 is 2.05 bits per heavy atom. The van der Waals surface area contributed by atoms with Crippen LogP contribution in [0.3, 0.4) is 0 Å². The lowest BCUT2D eigenvalue weighted by Crippen LogP contribution is -2.42. The maximum absolute atomic E-state index is 9.99. The first-order chi connectivity index (χ1) is 9.81. The molecular formula is C16H29NO3. The third-order valence-corrected chi connectivity index (χ3v) is 5.40. The zero-order valence-corrected chi connectivity index (χ0v) is 12.5. The first-order valence-corrected chi connectivity index (χ1v) is 8.37. The van der Waals surface area contributed by atoms with E-state index in [0.717, 1.165) is 57.2 Å². The van der Waals surface area contributed by atoms with Gasteiger partial charge in [-0.1, -0.05) is 6.42 Å². The molecule has 20 heavy (non-hydrogen) atoms. The molecule has 1 heterocycles. The van der Waals surface area contributed by atoms with Gasteiger partial charge in [-0.25, -0.2) is 0 Å². The normalized spacial score (nSPS) is 35.5. The Kier molecular flexibility index (Phi) is 5.32. The predicted molar refractivity (Wildman–Crippen MR) is 77.6 cm³/mol. The van der Waals surface area contributed by atoms with E-state index in [2.05, 4.69) is 4.90 Å². The number of morpholine rings is 1. The highest BCUT2D eigenvalue weighted by Crippen LogP contribution is 2.49. The summed E-state index contributed by atoms with van der Waals surface area (Å²) in [7, 11) is 0. The Morgan fingerprint density at radius 3 is 2.75 bits per heavy atom. The van der Waals surface area contributed by atoms with Crippen LogP contribution in [-0.2, 0) is 9.47 Å². The van der Waals surface area contributed by atoms with Gasteiger partial charge < -0.3 is 14.6 Å². The van der Waals surface area contributed by atoms with Gasteiger partial charge in [-0.05, 0) is 43.4 Å². The molecule has 0 spiro atoms. The average Bonchev–Trinajstić information content (AvgIpc) is 3.07. The topological polar surface area (TPSA) is 41.9 Å². The maximum Gasteiger partial charge on any atom is 0.0900 e. The highest BCUT2D eigenvalue weighted by atomic mass is 16.5. The van der Waals surface area contributed by atoms with Crippen LogP contribution in [0.4, 0.5) is 0 Å². The molecule has 0 aromatic heterocycles. The van der Waals surface area contributed by atoms with Crippen LogP contribution in [0.1, 0.15) is 32.1 Å². The van der Waals surface area contributed by atoms with Gasteiger partial charge in [-0.3, -0.25) is 4.90 Å². The fourth-order valence-electron chi connectivity index (χ4n) is 4.32. The molecule has 2 saturated carbocycles. The number of hydrogen-bond donors (Lipinski definition) is 1. The van der Waals surface area contributed by atoms with E-state index >= 15 is 0 Å². The van der Waals surface area contributed by atoms with Gasteiger partial charge in [0.25, 0.3) is 0 Å². The lowest BCUT2D eigenvalue weighted by atomic mass is 9.87. The molecule has 3 aliphatic rings. The van der Waals surface area contributed by atoms with Crippen molar-refractivity contribution in [3.63, 3.8) is 0 Å². The summed E-state index contributed by atoms with van der Waals surface area (Å²) in [4.78, 5) is 2.26. The van der Waals surface area contributed by atoms with E-state index in [-0.39, 0.29) is 6.10 Å². The van der Waals surface area contributed by atoms with Gasteiger partial charge in [0.2, 0.25) is 0 Å². The predicted octanol–water partition coefficient (Wildman–Crippen LogP) is 1.52. The summed E-state index contributed by atoms with van der Waals surface area (Å²) in [6.07, 6.45) is 6.68. The number of ether oxygens (including phenoxy) is 2. The molecule has 0 amide bonds. The average molecular weight is 283 g/mol. The molecule has 116 valence electrons. The minimum absolute atomic E-state index is 0.354. The molecule has 4 atom stereocenters. The number of β-amino-alcohol motifs (C(OH)–C–C–N with tert-alkyl or cyclic N) is 1. The number of aliphatic hydroxyl groups excluding tert-OH is 1. The number of nitrogens with zero attached hydrogens (tertiary/aromatic N) is 1. The van der Waals surface area contributed by atoms with E-state index in [4.69, 9.17) is 9.47 Å². The number of fused-ring (bicyclic) bond motifs is 2. The molecule has 3 rings (SSSR count). The first-order valence-electron chi connectivity index (χ1n) is 8.37. The summed E-state index contributed by atoms with van der Waals surface area (Å²) in [5, 5.41) is 9.99. The van der Waals surface area contributed by atoms with E-state index in [9.17, 15) is 5.11 Å². The zero-order chi connectivity index (χ0) is 13.8. The van der Waals surface area contributed by atoms with Crippen molar-refractivity contribution in [3.8, 4) is 0 Å². The minimum Gasteiger partial charge on any atom is -0.389 e. The molecule has 2 aliphatic carbocycles. The molecule has 1 aliphatic heterocycles. The van der Waals surface area contributed by atoms with E-state index in [1.807, 2.05) is 0 Å². The largest absolute Gasteiger partial charge is 0.389 e. The second-order valence-electron chi connectivity index (χ2n) is 6.87. The molecule has 0 radical (unpaired) electrons. The van der Waals surface area contributed by atoms with E-state index in [0.29, 0.717) is 6.61 Å². The van der Waals surface area contributed by atoms with Crippen molar-refractivity contribution in [3.05, 3.63) is 0 Å². The van der Waals surface area contributed by atoms with Crippen LogP contribution in [0.15, 0.2) is 0 Å². The quantitative estimate of drug-likeness (QED) is 0.719. The smallest absolute Gasteiger partial charge is 0.0900 e. The third kappa shape index (κ3) is 3.94. The third-order valence-electron chi connectivity index (χ3n) is 5.40. The van der Waals surface area contributed by atoms with E-state index in [1.54, 1.807) is 0 Å². The molecule has 0 aromatic rings. The van der Waals surface area contributed by atoms with Gasteiger partial charge >= 0.3 is 0 Å². The molecule has 2 bridgehead atoms. The fraction of sp³-hybridized carbons (Fsp3) is 1.00. The Morgan fingerprint density at radius 1 is 1.20 bits per heavy atom. The highest BCUT2D eigenvalue weighted by Gasteiger charge is 2.38. The molecule has 4 heteroatoms. The molecule has 0 aromatic carbocycles. The lowest BCUT2D eigenvalue weighted by Gasteiger charge is -2.28. The van der Waals surface area contributed by atoms with Gasteiger partial charge in [-0.15, -0.1) is 0 Å². The summed E-state index contributed by atoms with van der Waals surface area (Å²) in [5.41, 5.74) is 0. The van der Waals surface area contributed by atoms with Gasteiger partial charge in [0.15, 0.2) is 0 Å². The fourth-order valence-corrected chi connectivity index (χ4v) is 4.32. The van der Waals surface area contributed by atoms with Crippen LogP contribution < -0.4 is 0 Å². The number of hydrogen-bond acceptors (Lipinski definition) is 4. The van der Waals surface area contributed by atoms with Crippen LogP contribution in [0, 0.1) is 17.8 Å². The first kappa shape index (κ1) is 14.8. The van der Waals surface area contributed by atoms with Crippen molar-refractivity contribution in [2.24, 2.45) is 17.8 Å². The highest BCUT2D eigenvalue weighted by molar-refractivity contribution is 4.89. The van der Waals surface area contributed by atoms with Crippen LogP contribution >= 0.6 is 0 Å². The van der Waals surface area contributed by atoms with Crippen molar-refractivity contribution < 1.29 is 14.6 Å². The Labute approximate surface area is 122 Å². The van der Waals surface area contributed by atoms with Crippen molar-refractivity contribution in [2.75, 3.05) is 46.1 Å². The van der Waals surface area contributed by atoms with Gasteiger partial charge in [0.1, 0.15) is 0 Å². The maximum atomic E-state index is 9.99. The van der Waals surface area contributed by atoms with Gasteiger partial charge in [-0.2, -0.15) is 0 Å². The summed E-state index contributed by atoms with van der Waals surface area (Å²) >= 11 is 0. The summed E-state index contributed by atoms with van der Waals surface area (Å²) in [6.45, 7) is 5.48. The molecule has 1 saturated heterocycles. The molecule has 4 nitrogen and oxygen atoms in total. The van der Waals surface area contributed by atoms with Crippen molar-refractivity contribution >= 4 is 0 Å². The summed E-state index contributed by atoms with van der Waals surface area (Å²) < 4.78 is 11.0. The van der Waals surface area contributed by atoms with Crippen LogP contribution in [0.25, 0.3) is 0 Å². The number of rotatable bonds is 7. The van der Waals surface area contributed by atoms with Crippen molar-refractivity contribution in [1.29, 1.82) is 0 Å². The van der Waals surface area contributed by atoms with Gasteiger partial charge in [0, 0.05) is 26.2 Å². The van der Waals surface area contributed by atoms with Crippen molar-refractivity contribution in [2.45, 2.75) is 38.2 Å². The van der Waals surface area contributed by atoms with Crippen LogP contribution in [-0.4, -0.2) is 62.2 Å². The second kappa shape index (κ2) is 7.21. The standard InChI is InChI=1S/C16H29NO3/c18-16(11-17-4-7-19-8-5-17)12-20-6-3-15-10-13-1-2-14(15)9-13/h13-16,18H,1-12H2/t13-,14-,15+,16-/m0/s1. The lowest BCUT2D eigenvalue weighted by molar-refractivity contribution is -0.0166. The number of aliphatic hydroxyl groups is 1. The second-order valence-corrected chi connectivity index (χ2v) is 6.87. The minimum atomic E-state index is -0.354. The van der Waals surface area contributed by atoms with E-state index in [1.165, 1.54) is 32.1 Å². The van der Waals surface area contributed by atoms with Gasteiger partial charge in [0.05, 0.1) is 25.9 Å².